The monoisotopic (exact) mass is 217 g/mol. The molecule has 3 nitrogen and oxygen atoms in total. The number of rotatable bonds is 2. The summed E-state index contributed by atoms with van der Waals surface area (Å²) in [4.78, 5) is 0. The maximum atomic E-state index is 9.60. The Morgan fingerprint density at radius 1 is 1.38 bits per heavy atom. The van der Waals surface area contributed by atoms with Gasteiger partial charge in [0.15, 0.2) is 0 Å². The summed E-state index contributed by atoms with van der Waals surface area (Å²) in [6, 6.07) is 8.32. The van der Waals surface area contributed by atoms with Gasteiger partial charge in [-0.1, -0.05) is 30.4 Å². The van der Waals surface area contributed by atoms with Gasteiger partial charge >= 0.3 is 0 Å². The molecule has 2 rings (SSSR count). The van der Waals surface area contributed by atoms with Crippen LogP contribution >= 0.6 is 0 Å². The van der Waals surface area contributed by atoms with Crippen LogP contribution < -0.4 is 11.1 Å². The van der Waals surface area contributed by atoms with Gasteiger partial charge in [-0.2, -0.15) is 0 Å². The van der Waals surface area contributed by atoms with E-state index < -0.39 is 0 Å². The highest BCUT2D eigenvalue weighted by Crippen LogP contribution is 2.21. The summed E-state index contributed by atoms with van der Waals surface area (Å²) in [7, 11) is 0. The van der Waals surface area contributed by atoms with Gasteiger partial charge in [0.05, 0.1) is 0 Å². The molecule has 16 heavy (non-hydrogen) atoms. The van der Waals surface area contributed by atoms with Crippen molar-refractivity contribution in [2.45, 2.75) is 6.42 Å². The number of phenols is 1. The third kappa shape index (κ3) is 2.62. The minimum atomic E-state index is 0.272. The topological polar surface area (TPSA) is 58.3 Å². The molecule has 85 valence electrons. The van der Waals surface area contributed by atoms with Crippen LogP contribution in [0.25, 0.3) is 6.08 Å². The minimum Gasteiger partial charge on any atom is -0.507 e. The fourth-order valence-electron chi connectivity index (χ4n) is 1.85. The van der Waals surface area contributed by atoms with Crippen LogP contribution in [0.4, 0.5) is 0 Å². The lowest BCUT2D eigenvalue weighted by Crippen LogP contribution is -2.38. The van der Waals surface area contributed by atoms with Crippen LogP contribution in [0.3, 0.4) is 0 Å². The molecule has 0 amide bonds. The van der Waals surface area contributed by atoms with Crippen molar-refractivity contribution in [1.82, 2.24) is 5.32 Å². The smallest absolute Gasteiger partial charge is 0.122 e. The number of nitrogens with one attached hydrogen (secondary N) is 1. The number of hydrogen-bond acceptors (Lipinski definition) is 3. The van der Waals surface area contributed by atoms with Gasteiger partial charge < -0.3 is 16.2 Å². The number of hydrogen-bond donors (Lipinski definition) is 3. The molecule has 1 radical (unpaired) electrons. The quantitative estimate of drug-likeness (QED) is 0.703. The van der Waals surface area contributed by atoms with Crippen LogP contribution in [0.15, 0.2) is 30.3 Å². The van der Waals surface area contributed by atoms with Crippen molar-refractivity contribution in [3.8, 4) is 5.75 Å². The maximum absolute atomic E-state index is 9.60. The SMILES string of the molecule is N[C]1CCNCC1C=Cc1ccccc1O. The summed E-state index contributed by atoms with van der Waals surface area (Å²) < 4.78 is 0. The second-order valence-electron chi connectivity index (χ2n) is 4.05. The van der Waals surface area contributed by atoms with E-state index in [4.69, 9.17) is 5.73 Å². The van der Waals surface area contributed by atoms with Crippen LogP contribution in [0, 0.1) is 12.0 Å². The van der Waals surface area contributed by atoms with Crippen molar-refractivity contribution < 1.29 is 5.11 Å². The van der Waals surface area contributed by atoms with Gasteiger partial charge in [-0.3, -0.25) is 0 Å². The minimum absolute atomic E-state index is 0.272. The molecule has 0 aromatic heterocycles. The van der Waals surface area contributed by atoms with Gasteiger partial charge in [-0.05, 0) is 19.0 Å². The molecule has 1 aromatic carbocycles. The predicted molar refractivity (Wildman–Crippen MR) is 65.5 cm³/mol. The highest BCUT2D eigenvalue weighted by atomic mass is 16.3. The summed E-state index contributed by atoms with van der Waals surface area (Å²) in [5.74, 6) is 0.578. The number of aromatic hydroxyl groups is 1. The average molecular weight is 217 g/mol. The Morgan fingerprint density at radius 2 is 2.19 bits per heavy atom. The second-order valence-corrected chi connectivity index (χ2v) is 4.05. The van der Waals surface area contributed by atoms with Crippen LogP contribution in [-0.4, -0.2) is 18.2 Å². The van der Waals surface area contributed by atoms with E-state index >= 15 is 0 Å². The Labute approximate surface area is 96.0 Å². The Balaban J connectivity index is 2.06. The van der Waals surface area contributed by atoms with Crippen LogP contribution in [-0.2, 0) is 0 Å². The summed E-state index contributed by atoms with van der Waals surface area (Å²) in [5, 5.41) is 12.9. The van der Waals surface area contributed by atoms with Crippen LogP contribution in [0.5, 0.6) is 5.75 Å². The van der Waals surface area contributed by atoms with Crippen molar-refractivity contribution >= 4 is 6.08 Å². The molecule has 1 aliphatic rings. The Bertz CT molecular complexity index is 376. The molecule has 1 saturated heterocycles. The number of benzene rings is 1. The molecule has 4 N–H and O–H groups in total. The van der Waals surface area contributed by atoms with E-state index in [0.717, 1.165) is 31.1 Å². The van der Waals surface area contributed by atoms with E-state index in [-0.39, 0.29) is 5.92 Å². The molecule has 3 heteroatoms. The zero-order chi connectivity index (χ0) is 11.4. The number of para-hydroxylation sites is 1. The summed E-state index contributed by atoms with van der Waals surface area (Å²) >= 11 is 0. The van der Waals surface area contributed by atoms with Gasteiger partial charge in [0.1, 0.15) is 5.75 Å². The molecule has 1 atom stereocenters. The molecule has 1 heterocycles. The van der Waals surface area contributed by atoms with Gasteiger partial charge in [-0.15, -0.1) is 0 Å². The zero-order valence-electron chi connectivity index (χ0n) is 9.19. The Kier molecular flexibility index (Phi) is 3.59. The normalized spacial score (nSPS) is 22.7. The predicted octanol–water partition coefficient (Wildman–Crippen LogP) is 1.51. The zero-order valence-corrected chi connectivity index (χ0v) is 9.19. The van der Waals surface area contributed by atoms with Gasteiger partial charge in [0.2, 0.25) is 0 Å². The van der Waals surface area contributed by atoms with E-state index in [1.54, 1.807) is 6.07 Å². The molecule has 1 aliphatic heterocycles. The highest BCUT2D eigenvalue weighted by molar-refractivity contribution is 5.57. The Hall–Kier alpha value is -1.32. The third-order valence-electron chi connectivity index (χ3n) is 2.88. The van der Waals surface area contributed by atoms with E-state index in [1.165, 1.54) is 0 Å². The summed E-state index contributed by atoms with van der Waals surface area (Å²) in [6.45, 7) is 1.85. The fourth-order valence-corrected chi connectivity index (χ4v) is 1.85. The van der Waals surface area contributed by atoms with Crippen molar-refractivity contribution in [1.29, 1.82) is 0 Å². The van der Waals surface area contributed by atoms with E-state index in [1.807, 2.05) is 24.3 Å². The van der Waals surface area contributed by atoms with Crippen LogP contribution in [0.2, 0.25) is 0 Å². The number of nitrogens with two attached hydrogens (primary N) is 1. The average Bonchev–Trinajstić information content (AvgIpc) is 2.30. The standard InChI is InChI=1S/C13H17N2O/c14-12-7-8-15-9-11(12)6-5-10-3-1-2-4-13(10)16/h1-6,11,15-16H,7-9,14H2. The molecule has 0 aliphatic carbocycles. The second kappa shape index (κ2) is 5.14. The number of piperidine rings is 1. The molecular weight excluding hydrogens is 200 g/mol. The first-order chi connectivity index (χ1) is 7.77. The first-order valence-corrected chi connectivity index (χ1v) is 5.55. The molecule has 0 bridgehead atoms. The molecule has 1 unspecified atom stereocenters. The fraction of sp³-hybridized carbons (Fsp3) is 0.308. The van der Waals surface area contributed by atoms with Gasteiger partial charge in [-0.25, -0.2) is 0 Å². The van der Waals surface area contributed by atoms with E-state index in [0.29, 0.717) is 5.75 Å². The summed E-state index contributed by atoms with van der Waals surface area (Å²) in [5.41, 5.74) is 6.78. The molecule has 0 spiro atoms. The van der Waals surface area contributed by atoms with Crippen LogP contribution in [0.1, 0.15) is 12.0 Å². The Morgan fingerprint density at radius 3 is 2.94 bits per heavy atom. The van der Waals surface area contributed by atoms with Gasteiger partial charge in [0, 0.05) is 24.1 Å². The molecular formula is C13H17N2O. The third-order valence-corrected chi connectivity index (χ3v) is 2.88. The lowest BCUT2D eigenvalue weighted by molar-refractivity contribution is 0.466. The first kappa shape index (κ1) is 11.2. The molecule has 1 fully saturated rings. The van der Waals surface area contributed by atoms with Crippen molar-refractivity contribution in [3.63, 3.8) is 0 Å². The van der Waals surface area contributed by atoms with Crippen molar-refractivity contribution in [3.05, 3.63) is 41.9 Å². The van der Waals surface area contributed by atoms with Crippen molar-refractivity contribution in [2.24, 2.45) is 11.7 Å². The van der Waals surface area contributed by atoms with Crippen molar-refractivity contribution in [2.75, 3.05) is 13.1 Å². The number of phenolic OH excluding ortho intramolecular Hbond substituents is 1. The van der Waals surface area contributed by atoms with E-state index in [2.05, 4.69) is 11.4 Å². The molecule has 1 aromatic rings. The molecule has 0 saturated carbocycles. The first-order valence-electron chi connectivity index (χ1n) is 5.55. The lowest BCUT2D eigenvalue weighted by atomic mass is 9.93. The maximum Gasteiger partial charge on any atom is 0.122 e. The van der Waals surface area contributed by atoms with E-state index in [9.17, 15) is 5.11 Å². The highest BCUT2D eigenvalue weighted by Gasteiger charge is 2.19. The summed E-state index contributed by atoms with van der Waals surface area (Å²) in [6.07, 6.45) is 4.91. The largest absolute Gasteiger partial charge is 0.507 e. The lowest BCUT2D eigenvalue weighted by Gasteiger charge is -2.26. The van der Waals surface area contributed by atoms with Gasteiger partial charge in [0.25, 0.3) is 0 Å².